The van der Waals surface area contributed by atoms with E-state index in [9.17, 15) is 13.6 Å². The van der Waals surface area contributed by atoms with Gasteiger partial charge in [-0.1, -0.05) is 30.3 Å². The van der Waals surface area contributed by atoms with E-state index < -0.39 is 11.6 Å². The van der Waals surface area contributed by atoms with Crippen molar-refractivity contribution in [3.05, 3.63) is 71.3 Å². The molecule has 0 aliphatic carbocycles. The third-order valence-electron chi connectivity index (χ3n) is 6.07. The minimum absolute atomic E-state index is 0.105. The lowest BCUT2D eigenvalue weighted by Gasteiger charge is -2.37. The first kappa shape index (κ1) is 20.5. The zero-order chi connectivity index (χ0) is 21.3. The van der Waals surface area contributed by atoms with Gasteiger partial charge in [0.25, 0.3) is 0 Å². The minimum Gasteiger partial charge on any atom is -0.323 e. The van der Waals surface area contributed by atoms with Crippen LogP contribution in [0.5, 0.6) is 0 Å². The van der Waals surface area contributed by atoms with E-state index in [2.05, 4.69) is 17.0 Å². The molecule has 0 bridgehead atoms. The smallest absolute Gasteiger partial charge is 0.323 e. The molecule has 0 aromatic heterocycles. The van der Waals surface area contributed by atoms with Crippen molar-refractivity contribution >= 4 is 11.7 Å². The standard InChI is InChI=1S/C23H26F2N4O/c1-27-12-10-18(11-13-27)28(2)23(30)29-22(16-6-4-3-5-7-16)15-21(26-29)19-14-17(24)8-9-20(19)25/h3-9,14,18,22H,10-13,15H2,1-2H3. The van der Waals surface area contributed by atoms with Crippen LogP contribution in [0.15, 0.2) is 53.6 Å². The summed E-state index contributed by atoms with van der Waals surface area (Å²) in [7, 11) is 3.88. The fourth-order valence-electron chi connectivity index (χ4n) is 4.20. The van der Waals surface area contributed by atoms with Crippen LogP contribution in [-0.4, -0.2) is 59.8 Å². The first-order valence-corrected chi connectivity index (χ1v) is 10.3. The fraction of sp³-hybridized carbons (Fsp3) is 0.391. The zero-order valence-electron chi connectivity index (χ0n) is 17.3. The van der Waals surface area contributed by atoms with Crippen LogP contribution in [0.25, 0.3) is 0 Å². The maximum Gasteiger partial charge on any atom is 0.341 e. The van der Waals surface area contributed by atoms with E-state index in [1.54, 1.807) is 11.9 Å². The van der Waals surface area contributed by atoms with Gasteiger partial charge in [0.1, 0.15) is 11.6 Å². The summed E-state index contributed by atoms with van der Waals surface area (Å²) >= 11 is 0. The van der Waals surface area contributed by atoms with Crippen molar-refractivity contribution in [3.63, 3.8) is 0 Å². The highest BCUT2D eigenvalue weighted by molar-refractivity contribution is 6.03. The van der Waals surface area contributed by atoms with Crippen molar-refractivity contribution in [2.75, 3.05) is 27.2 Å². The molecule has 0 spiro atoms. The molecule has 7 heteroatoms. The van der Waals surface area contributed by atoms with Crippen LogP contribution in [-0.2, 0) is 0 Å². The summed E-state index contributed by atoms with van der Waals surface area (Å²) in [5, 5.41) is 5.93. The fourth-order valence-corrected chi connectivity index (χ4v) is 4.20. The molecular formula is C23H26F2N4O. The summed E-state index contributed by atoms with van der Waals surface area (Å²) in [4.78, 5) is 17.4. The first-order chi connectivity index (χ1) is 14.4. The lowest BCUT2D eigenvalue weighted by molar-refractivity contribution is 0.112. The molecule has 1 fully saturated rings. The summed E-state index contributed by atoms with van der Waals surface area (Å²) < 4.78 is 28.2. The third-order valence-corrected chi connectivity index (χ3v) is 6.07. The molecule has 1 atom stereocenters. The molecule has 2 amide bonds. The Morgan fingerprint density at radius 3 is 2.50 bits per heavy atom. The number of halogens is 2. The van der Waals surface area contributed by atoms with Gasteiger partial charge in [0, 0.05) is 25.1 Å². The van der Waals surface area contributed by atoms with Gasteiger partial charge in [-0.15, -0.1) is 0 Å². The topological polar surface area (TPSA) is 39.1 Å². The molecule has 2 aliphatic heterocycles. The van der Waals surface area contributed by atoms with E-state index in [0.717, 1.165) is 49.7 Å². The number of rotatable bonds is 3. The van der Waals surface area contributed by atoms with Crippen LogP contribution in [0.4, 0.5) is 13.6 Å². The summed E-state index contributed by atoms with van der Waals surface area (Å²) in [6.45, 7) is 1.88. The second kappa shape index (κ2) is 8.52. The number of benzene rings is 2. The number of hydrogen-bond acceptors (Lipinski definition) is 3. The highest BCUT2D eigenvalue weighted by Crippen LogP contribution is 2.34. The van der Waals surface area contributed by atoms with Gasteiger partial charge in [-0.05, 0) is 56.7 Å². The molecule has 1 saturated heterocycles. The molecule has 0 N–H and O–H groups in total. The molecule has 2 heterocycles. The Morgan fingerprint density at radius 1 is 1.10 bits per heavy atom. The van der Waals surface area contributed by atoms with Crippen LogP contribution in [0.3, 0.4) is 0 Å². The summed E-state index contributed by atoms with van der Waals surface area (Å²) in [6, 6.07) is 12.5. The highest BCUT2D eigenvalue weighted by atomic mass is 19.1. The molecule has 0 radical (unpaired) electrons. The predicted molar refractivity (Wildman–Crippen MR) is 112 cm³/mol. The van der Waals surface area contributed by atoms with E-state index in [1.807, 2.05) is 30.3 Å². The van der Waals surface area contributed by atoms with E-state index in [1.165, 1.54) is 5.01 Å². The van der Waals surface area contributed by atoms with Gasteiger partial charge >= 0.3 is 6.03 Å². The number of likely N-dealkylation sites (tertiary alicyclic amines) is 1. The molecule has 5 nitrogen and oxygen atoms in total. The number of piperidine rings is 1. The number of carbonyl (C=O) groups excluding carboxylic acids is 1. The molecule has 1 unspecified atom stereocenters. The Morgan fingerprint density at radius 2 is 1.80 bits per heavy atom. The second-order valence-electron chi connectivity index (χ2n) is 8.07. The number of hydrogen-bond donors (Lipinski definition) is 0. The summed E-state index contributed by atoms with van der Waals surface area (Å²) in [5.41, 5.74) is 1.40. The van der Waals surface area contributed by atoms with Gasteiger partial charge in [-0.25, -0.2) is 18.6 Å². The van der Waals surface area contributed by atoms with Gasteiger partial charge in [-0.2, -0.15) is 5.10 Å². The Kier molecular flexibility index (Phi) is 5.81. The monoisotopic (exact) mass is 412 g/mol. The normalized spacial score (nSPS) is 20.3. The van der Waals surface area contributed by atoms with Gasteiger partial charge in [0.15, 0.2) is 0 Å². The van der Waals surface area contributed by atoms with Crippen LogP contribution >= 0.6 is 0 Å². The highest BCUT2D eigenvalue weighted by Gasteiger charge is 2.37. The Balaban J connectivity index is 1.65. The zero-order valence-corrected chi connectivity index (χ0v) is 17.3. The van der Waals surface area contributed by atoms with Crippen LogP contribution in [0.1, 0.15) is 36.4 Å². The van der Waals surface area contributed by atoms with Gasteiger partial charge in [0.2, 0.25) is 0 Å². The minimum atomic E-state index is -0.542. The van der Waals surface area contributed by atoms with Crippen molar-refractivity contribution in [1.82, 2.24) is 14.8 Å². The Labute approximate surface area is 175 Å². The van der Waals surface area contributed by atoms with Gasteiger partial charge < -0.3 is 9.80 Å². The molecule has 0 saturated carbocycles. The Hall–Kier alpha value is -2.80. The van der Waals surface area contributed by atoms with Crippen molar-refractivity contribution in [2.45, 2.75) is 31.3 Å². The average Bonchev–Trinajstić information content (AvgIpc) is 3.21. The van der Waals surface area contributed by atoms with Crippen molar-refractivity contribution in [2.24, 2.45) is 5.10 Å². The number of urea groups is 1. The second-order valence-corrected chi connectivity index (χ2v) is 8.07. The average molecular weight is 412 g/mol. The number of nitrogens with zero attached hydrogens (tertiary/aromatic N) is 4. The van der Waals surface area contributed by atoms with Crippen LogP contribution in [0, 0.1) is 11.6 Å². The van der Waals surface area contributed by atoms with E-state index in [0.29, 0.717) is 12.1 Å². The molecule has 30 heavy (non-hydrogen) atoms. The molecule has 2 aromatic rings. The molecule has 2 aliphatic rings. The summed E-state index contributed by atoms with van der Waals surface area (Å²) in [5.74, 6) is -1.07. The quantitative estimate of drug-likeness (QED) is 0.756. The Bertz CT molecular complexity index is 941. The number of hydrazone groups is 1. The lowest BCUT2D eigenvalue weighted by atomic mass is 9.98. The van der Waals surface area contributed by atoms with Crippen molar-refractivity contribution in [1.29, 1.82) is 0 Å². The maximum absolute atomic E-state index is 14.4. The van der Waals surface area contributed by atoms with E-state index >= 15 is 0 Å². The molecule has 4 rings (SSSR count). The molecule has 158 valence electrons. The largest absolute Gasteiger partial charge is 0.341 e. The van der Waals surface area contributed by atoms with Gasteiger partial charge in [-0.3, -0.25) is 0 Å². The van der Waals surface area contributed by atoms with Crippen LogP contribution in [0.2, 0.25) is 0 Å². The SMILES string of the molecule is CN1CCC(N(C)C(=O)N2N=C(c3cc(F)ccc3F)CC2c2ccccc2)CC1. The van der Waals surface area contributed by atoms with E-state index in [4.69, 9.17) is 0 Å². The van der Waals surface area contributed by atoms with E-state index in [-0.39, 0.29) is 23.7 Å². The molecule has 2 aromatic carbocycles. The predicted octanol–water partition coefficient (Wildman–Crippen LogP) is 4.26. The lowest BCUT2D eigenvalue weighted by Crippen LogP contribution is -2.48. The number of carbonyl (C=O) groups is 1. The van der Waals surface area contributed by atoms with Gasteiger partial charge in [0.05, 0.1) is 11.8 Å². The molecular weight excluding hydrogens is 386 g/mol. The van der Waals surface area contributed by atoms with Crippen molar-refractivity contribution in [3.8, 4) is 0 Å². The summed E-state index contributed by atoms with van der Waals surface area (Å²) in [6.07, 6.45) is 2.13. The van der Waals surface area contributed by atoms with Crippen LogP contribution < -0.4 is 0 Å². The maximum atomic E-state index is 14.4. The van der Waals surface area contributed by atoms with Crippen molar-refractivity contribution < 1.29 is 13.6 Å². The number of amides is 2. The third kappa shape index (κ3) is 4.07. The first-order valence-electron chi connectivity index (χ1n) is 10.3.